The van der Waals surface area contributed by atoms with E-state index in [1.54, 1.807) is 24.6 Å². The van der Waals surface area contributed by atoms with Gasteiger partial charge in [0.25, 0.3) is 0 Å². The molecular weight excluding hydrogens is 256 g/mol. The summed E-state index contributed by atoms with van der Waals surface area (Å²) in [5.74, 6) is 0.774. The third-order valence-corrected chi connectivity index (χ3v) is 3.76. The minimum absolute atomic E-state index is 0.00338. The van der Waals surface area contributed by atoms with Crippen molar-refractivity contribution in [3.05, 3.63) is 45.4 Å². The first-order valence-electron chi connectivity index (χ1n) is 5.17. The highest BCUT2D eigenvalue weighted by Crippen LogP contribution is 2.33. The molecule has 0 aliphatic rings. The predicted octanol–water partition coefficient (Wildman–Crippen LogP) is 3.11. The summed E-state index contributed by atoms with van der Waals surface area (Å²) in [7, 11) is 3.54. The number of halogens is 1. The molecule has 5 heteroatoms. The number of methoxy groups -OCH3 is 1. The number of rotatable bonds is 4. The molecule has 0 radical (unpaired) electrons. The van der Waals surface area contributed by atoms with Crippen LogP contribution in [-0.4, -0.2) is 19.1 Å². The zero-order valence-corrected chi connectivity index (χ0v) is 11.2. The fourth-order valence-corrected chi connectivity index (χ4v) is 2.86. The van der Waals surface area contributed by atoms with Crippen LogP contribution in [0.4, 0.5) is 0 Å². The Bertz CT molecular complexity index is 501. The molecule has 1 atom stereocenters. The van der Waals surface area contributed by atoms with Crippen LogP contribution in [0.25, 0.3) is 0 Å². The fourth-order valence-electron chi connectivity index (χ4n) is 1.69. The Morgan fingerprint density at radius 3 is 2.82 bits per heavy atom. The lowest BCUT2D eigenvalue weighted by Gasteiger charge is -2.16. The molecule has 0 saturated heterocycles. The maximum atomic E-state index is 5.96. The Balaban J connectivity index is 2.41. The van der Waals surface area contributed by atoms with E-state index >= 15 is 0 Å². The molecule has 3 nitrogen and oxygen atoms in total. The third-order valence-electron chi connectivity index (χ3n) is 2.46. The molecule has 0 saturated carbocycles. The van der Waals surface area contributed by atoms with Crippen LogP contribution in [0.3, 0.4) is 0 Å². The van der Waals surface area contributed by atoms with E-state index in [0.29, 0.717) is 0 Å². The molecule has 0 aromatic carbocycles. The number of hydrogen-bond donors (Lipinski definition) is 1. The van der Waals surface area contributed by atoms with Gasteiger partial charge in [-0.2, -0.15) is 0 Å². The van der Waals surface area contributed by atoms with Crippen molar-refractivity contribution in [1.29, 1.82) is 0 Å². The smallest absolute Gasteiger partial charge is 0.142 e. The minimum atomic E-state index is 0.00338. The molecular formula is C12H13ClN2OS. The lowest BCUT2D eigenvalue weighted by Crippen LogP contribution is -2.18. The molecule has 17 heavy (non-hydrogen) atoms. The largest absolute Gasteiger partial charge is 0.495 e. The highest BCUT2D eigenvalue weighted by atomic mass is 35.5. The van der Waals surface area contributed by atoms with Crippen LogP contribution < -0.4 is 10.1 Å². The number of pyridine rings is 1. The third kappa shape index (κ3) is 2.60. The average molecular weight is 269 g/mol. The molecule has 0 amide bonds. The summed E-state index contributed by atoms with van der Waals surface area (Å²) in [5.41, 5.74) is 0.871. The monoisotopic (exact) mass is 268 g/mol. The van der Waals surface area contributed by atoms with Gasteiger partial charge in [-0.05, 0) is 31.3 Å². The molecule has 2 aromatic rings. The number of hydrogen-bond acceptors (Lipinski definition) is 4. The Morgan fingerprint density at radius 2 is 2.24 bits per heavy atom. The average Bonchev–Trinajstić information content (AvgIpc) is 2.77. The van der Waals surface area contributed by atoms with Crippen molar-refractivity contribution in [3.63, 3.8) is 0 Å². The molecule has 0 aliphatic carbocycles. The Labute approximate surface area is 109 Å². The van der Waals surface area contributed by atoms with Crippen molar-refractivity contribution >= 4 is 22.9 Å². The van der Waals surface area contributed by atoms with E-state index in [1.807, 2.05) is 31.3 Å². The van der Waals surface area contributed by atoms with Crippen molar-refractivity contribution in [1.82, 2.24) is 10.3 Å². The summed E-state index contributed by atoms with van der Waals surface area (Å²) in [5, 5.41) is 3.23. The van der Waals surface area contributed by atoms with Crippen molar-refractivity contribution in [2.24, 2.45) is 0 Å². The van der Waals surface area contributed by atoms with Crippen LogP contribution >= 0.6 is 22.9 Å². The first-order chi connectivity index (χ1) is 8.26. The van der Waals surface area contributed by atoms with Crippen LogP contribution in [0.5, 0.6) is 5.75 Å². The van der Waals surface area contributed by atoms with Gasteiger partial charge in [0.05, 0.1) is 17.5 Å². The van der Waals surface area contributed by atoms with E-state index in [0.717, 1.165) is 20.7 Å². The number of nitrogens with one attached hydrogen (secondary N) is 1. The van der Waals surface area contributed by atoms with Gasteiger partial charge in [0.1, 0.15) is 11.4 Å². The maximum Gasteiger partial charge on any atom is 0.142 e. The molecule has 1 unspecified atom stereocenters. The van der Waals surface area contributed by atoms with Gasteiger partial charge in [0.15, 0.2) is 0 Å². The van der Waals surface area contributed by atoms with E-state index in [1.165, 1.54) is 0 Å². The Hall–Kier alpha value is -1.10. The second-order valence-corrected chi connectivity index (χ2v) is 5.20. The lowest BCUT2D eigenvalue weighted by molar-refractivity contribution is 0.402. The maximum absolute atomic E-state index is 5.96. The van der Waals surface area contributed by atoms with Gasteiger partial charge in [-0.3, -0.25) is 4.98 Å². The first kappa shape index (κ1) is 12.4. The zero-order chi connectivity index (χ0) is 12.3. The normalized spacial score (nSPS) is 12.4. The van der Waals surface area contributed by atoms with E-state index in [9.17, 15) is 0 Å². The van der Waals surface area contributed by atoms with E-state index in [2.05, 4.69) is 10.3 Å². The van der Waals surface area contributed by atoms with Crippen LogP contribution in [0.15, 0.2) is 30.5 Å². The summed E-state index contributed by atoms with van der Waals surface area (Å²) in [6.45, 7) is 0. The number of nitrogens with zero attached hydrogens (tertiary/aromatic N) is 1. The molecule has 2 rings (SSSR count). The Morgan fingerprint density at radius 1 is 1.41 bits per heavy atom. The molecule has 2 aromatic heterocycles. The molecule has 0 fully saturated rings. The quantitative estimate of drug-likeness (QED) is 0.925. The fraction of sp³-hybridized carbons (Fsp3) is 0.250. The minimum Gasteiger partial charge on any atom is -0.495 e. The van der Waals surface area contributed by atoms with E-state index in [4.69, 9.17) is 16.3 Å². The standard InChI is InChI=1S/C12H13ClN2OS/c1-14-12(9-5-6-10(13)17-9)11-8(16-2)4-3-7-15-11/h3-7,12,14H,1-2H3. The van der Waals surface area contributed by atoms with Crippen LogP contribution in [0.2, 0.25) is 4.34 Å². The molecule has 2 heterocycles. The first-order valence-corrected chi connectivity index (χ1v) is 6.37. The second kappa shape index (κ2) is 5.49. The zero-order valence-electron chi connectivity index (χ0n) is 9.61. The summed E-state index contributed by atoms with van der Waals surface area (Å²) in [4.78, 5) is 5.50. The van der Waals surface area contributed by atoms with Gasteiger partial charge >= 0.3 is 0 Å². The van der Waals surface area contributed by atoms with Gasteiger partial charge in [-0.1, -0.05) is 11.6 Å². The molecule has 0 aliphatic heterocycles. The van der Waals surface area contributed by atoms with Crippen molar-refractivity contribution in [2.75, 3.05) is 14.2 Å². The van der Waals surface area contributed by atoms with E-state index in [-0.39, 0.29) is 6.04 Å². The summed E-state index contributed by atoms with van der Waals surface area (Å²) in [6.07, 6.45) is 1.76. The lowest BCUT2D eigenvalue weighted by atomic mass is 10.1. The second-order valence-electron chi connectivity index (χ2n) is 3.45. The molecule has 1 N–H and O–H groups in total. The van der Waals surface area contributed by atoms with Gasteiger partial charge in [0.2, 0.25) is 0 Å². The van der Waals surface area contributed by atoms with Gasteiger partial charge in [-0.25, -0.2) is 0 Å². The topological polar surface area (TPSA) is 34.2 Å². The SMILES string of the molecule is CNC(c1ccc(Cl)s1)c1ncccc1OC. The van der Waals surface area contributed by atoms with Crippen LogP contribution in [0, 0.1) is 0 Å². The van der Waals surface area contributed by atoms with Crippen molar-refractivity contribution < 1.29 is 4.74 Å². The summed E-state index contributed by atoms with van der Waals surface area (Å²) >= 11 is 7.50. The molecule has 90 valence electrons. The van der Waals surface area contributed by atoms with Crippen molar-refractivity contribution in [3.8, 4) is 5.75 Å². The number of thiophene rings is 1. The molecule has 0 bridgehead atoms. The summed E-state index contributed by atoms with van der Waals surface area (Å²) < 4.78 is 6.10. The van der Waals surface area contributed by atoms with Crippen LogP contribution in [0.1, 0.15) is 16.6 Å². The summed E-state index contributed by atoms with van der Waals surface area (Å²) in [6, 6.07) is 7.66. The van der Waals surface area contributed by atoms with E-state index < -0.39 is 0 Å². The highest BCUT2D eigenvalue weighted by Gasteiger charge is 2.19. The predicted molar refractivity (Wildman–Crippen MR) is 71.0 cm³/mol. The van der Waals surface area contributed by atoms with Crippen molar-refractivity contribution in [2.45, 2.75) is 6.04 Å². The molecule has 0 spiro atoms. The van der Waals surface area contributed by atoms with Gasteiger partial charge < -0.3 is 10.1 Å². The highest BCUT2D eigenvalue weighted by molar-refractivity contribution is 7.16. The van der Waals surface area contributed by atoms with Gasteiger partial charge in [0, 0.05) is 11.1 Å². The number of aromatic nitrogens is 1. The number of ether oxygens (including phenoxy) is 1. The van der Waals surface area contributed by atoms with Crippen LogP contribution in [-0.2, 0) is 0 Å². The van der Waals surface area contributed by atoms with Gasteiger partial charge in [-0.15, -0.1) is 11.3 Å². The Kier molecular flexibility index (Phi) is 3.99.